The summed E-state index contributed by atoms with van der Waals surface area (Å²) in [7, 11) is 1.60. The molecular weight excluding hydrogens is 294 g/mol. The SMILES string of the molecule is COc1cccc(-n2c(=O)c3c(c4nccnc42)OCCC3)c1. The van der Waals surface area contributed by atoms with Gasteiger partial charge in [-0.1, -0.05) is 6.07 Å². The van der Waals surface area contributed by atoms with E-state index in [4.69, 9.17) is 9.47 Å². The minimum Gasteiger partial charge on any atom is -0.497 e. The zero-order valence-electron chi connectivity index (χ0n) is 12.7. The fraction of sp³-hybridized carbons (Fsp3) is 0.235. The van der Waals surface area contributed by atoms with E-state index in [2.05, 4.69) is 9.97 Å². The molecule has 3 aromatic rings. The number of pyridine rings is 1. The molecule has 1 aromatic carbocycles. The van der Waals surface area contributed by atoms with E-state index in [0.29, 0.717) is 46.9 Å². The van der Waals surface area contributed by atoms with Crippen LogP contribution in [0.2, 0.25) is 0 Å². The summed E-state index contributed by atoms with van der Waals surface area (Å²) < 4.78 is 12.6. The van der Waals surface area contributed by atoms with Gasteiger partial charge >= 0.3 is 0 Å². The van der Waals surface area contributed by atoms with Crippen LogP contribution in [0.4, 0.5) is 0 Å². The number of ether oxygens (including phenoxy) is 2. The molecule has 4 rings (SSSR count). The van der Waals surface area contributed by atoms with E-state index >= 15 is 0 Å². The van der Waals surface area contributed by atoms with Gasteiger partial charge in [-0.15, -0.1) is 0 Å². The Morgan fingerprint density at radius 1 is 1.26 bits per heavy atom. The molecule has 0 aliphatic carbocycles. The Kier molecular flexibility index (Phi) is 3.22. The second-order valence-electron chi connectivity index (χ2n) is 5.33. The molecule has 0 unspecified atom stereocenters. The first-order chi connectivity index (χ1) is 11.3. The van der Waals surface area contributed by atoms with Gasteiger partial charge in [0, 0.05) is 18.5 Å². The fourth-order valence-corrected chi connectivity index (χ4v) is 2.91. The second-order valence-corrected chi connectivity index (χ2v) is 5.33. The minimum atomic E-state index is -0.110. The molecule has 0 amide bonds. The van der Waals surface area contributed by atoms with Gasteiger partial charge in [0.05, 0.1) is 25.0 Å². The zero-order chi connectivity index (χ0) is 15.8. The molecule has 0 atom stereocenters. The molecule has 1 aliphatic heterocycles. The first kappa shape index (κ1) is 13.8. The highest BCUT2D eigenvalue weighted by molar-refractivity contribution is 5.81. The number of fused-ring (bicyclic) bond motifs is 3. The van der Waals surface area contributed by atoms with E-state index in [1.165, 1.54) is 0 Å². The van der Waals surface area contributed by atoms with Crippen LogP contribution in [0.1, 0.15) is 12.0 Å². The second kappa shape index (κ2) is 5.39. The van der Waals surface area contributed by atoms with E-state index in [0.717, 1.165) is 6.42 Å². The van der Waals surface area contributed by atoms with Crippen molar-refractivity contribution in [1.29, 1.82) is 0 Å². The number of methoxy groups -OCH3 is 1. The molecule has 0 fully saturated rings. The van der Waals surface area contributed by atoms with Crippen LogP contribution in [0.15, 0.2) is 41.5 Å². The zero-order valence-corrected chi connectivity index (χ0v) is 12.7. The van der Waals surface area contributed by atoms with Gasteiger partial charge < -0.3 is 9.47 Å². The van der Waals surface area contributed by atoms with Crippen LogP contribution < -0.4 is 15.0 Å². The highest BCUT2D eigenvalue weighted by atomic mass is 16.5. The molecule has 6 heteroatoms. The van der Waals surface area contributed by atoms with Gasteiger partial charge in [-0.3, -0.25) is 9.36 Å². The van der Waals surface area contributed by atoms with Crippen molar-refractivity contribution in [2.45, 2.75) is 12.8 Å². The summed E-state index contributed by atoms with van der Waals surface area (Å²) in [6, 6.07) is 7.35. The van der Waals surface area contributed by atoms with Gasteiger partial charge in [0.1, 0.15) is 11.3 Å². The first-order valence-electron chi connectivity index (χ1n) is 7.45. The topological polar surface area (TPSA) is 66.2 Å². The van der Waals surface area contributed by atoms with Crippen molar-refractivity contribution < 1.29 is 9.47 Å². The van der Waals surface area contributed by atoms with Crippen molar-refractivity contribution in [3.8, 4) is 17.2 Å². The molecule has 0 saturated heterocycles. The number of nitrogens with zero attached hydrogens (tertiary/aromatic N) is 3. The van der Waals surface area contributed by atoms with E-state index in [9.17, 15) is 4.79 Å². The molecule has 0 N–H and O–H groups in total. The Labute approximate surface area is 132 Å². The molecule has 1 aliphatic rings. The lowest BCUT2D eigenvalue weighted by atomic mass is 10.1. The highest BCUT2D eigenvalue weighted by Crippen LogP contribution is 2.30. The maximum atomic E-state index is 13.0. The summed E-state index contributed by atoms with van der Waals surface area (Å²) in [6.45, 7) is 0.598. The van der Waals surface area contributed by atoms with Crippen molar-refractivity contribution in [1.82, 2.24) is 14.5 Å². The summed E-state index contributed by atoms with van der Waals surface area (Å²) in [6.07, 6.45) is 4.70. The third kappa shape index (κ3) is 2.14. The van der Waals surface area contributed by atoms with Gasteiger partial charge in [0.2, 0.25) is 0 Å². The van der Waals surface area contributed by atoms with Crippen molar-refractivity contribution in [2.24, 2.45) is 0 Å². The smallest absolute Gasteiger partial charge is 0.263 e. The maximum Gasteiger partial charge on any atom is 0.263 e. The lowest BCUT2D eigenvalue weighted by molar-refractivity contribution is 0.290. The predicted octanol–water partition coefficient (Wildman–Crippen LogP) is 2.11. The number of aromatic nitrogens is 3. The normalized spacial score (nSPS) is 13.4. The maximum absolute atomic E-state index is 13.0. The van der Waals surface area contributed by atoms with Crippen LogP contribution in [-0.2, 0) is 6.42 Å². The van der Waals surface area contributed by atoms with Crippen LogP contribution in [0.3, 0.4) is 0 Å². The number of benzene rings is 1. The predicted molar refractivity (Wildman–Crippen MR) is 85.5 cm³/mol. The Hall–Kier alpha value is -2.89. The molecule has 0 radical (unpaired) electrons. The highest BCUT2D eigenvalue weighted by Gasteiger charge is 2.23. The molecule has 116 valence electrons. The number of rotatable bonds is 2. The van der Waals surface area contributed by atoms with E-state index < -0.39 is 0 Å². The minimum absolute atomic E-state index is 0.110. The first-order valence-corrected chi connectivity index (χ1v) is 7.45. The summed E-state index contributed by atoms with van der Waals surface area (Å²) in [5.41, 5.74) is 2.36. The van der Waals surface area contributed by atoms with Gasteiger partial charge in [-0.05, 0) is 25.0 Å². The van der Waals surface area contributed by atoms with E-state index in [1.54, 1.807) is 24.1 Å². The average molecular weight is 309 g/mol. The largest absolute Gasteiger partial charge is 0.497 e. The monoisotopic (exact) mass is 309 g/mol. The van der Waals surface area contributed by atoms with Crippen LogP contribution in [0.25, 0.3) is 16.9 Å². The van der Waals surface area contributed by atoms with Gasteiger partial charge in [0.15, 0.2) is 11.4 Å². The molecule has 23 heavy (non-hydrogen) atoms. The molecule has 2 aromatic heterocycles. The van der Waals surface area contributed by atoms with E-state index in [1.807, 2.05) is 24.3 Å². The standard InChI is InChI=1S/C17H15N3O3/c1-22-12-5-2-4-11(10-12)20-16-14(18-7-8-19-16)15-13(17(20)21)6-3-9-23-15/h2,4-5,7-8,10H,3,6,9H2,1H3. The third-order valence-corrected chi connectivity index (χ3v) is 3.97. The fourth-order valence-electron chi connectivity index (χ4n) is 2.91. The van der Waals surface area contributed by atoms with Gasteiger partial charge in [-0.2, -0.15) is 0 Å². The van der Waals surface area contributed by atoms with Gasteiger partial charge in [-0.25, -0.2) is 9.97 Å². The molecule has 0 spiro atoms. The summed E-state index contributed by atoms with van der Waals surface area (Å²) in [4.78, 5) is 21.7. The molecule has 6 nitrogen and oxygen atoms in total. The Balaban J connectivity index is 2.10. The number of hydrogen-bond donors (Lipinski definition) is 0. The lowest BCUT2D eigenvalue weighted by Crippen LogP contribution is -2.27. The molecule has 0 saturated carbocycles. The lowest BCUT2D eigenvalue weighted by Gasteiger charge is -2.20. The van der Waals surface area contributed by atoms with Crippen molar-refractivity contribution in [3.63, 3.8) is 0 Å². The van der Waals surface area contributed by atoms with Crippen molar-refractivity contribution >= 4 is 11.2 Å². The third-order valence-electron chi connectivity index (χ3n) is 3.97. The Morgan fingerprint density at radius 2 is 2.13 bits per heavy atom. The Bertz CT molecular complexity index is 949. The van der Waals surface area contributed by atoms with Crippen LogP contribution in [-0.4, -0.2) is 28.3 Å². The molecule has 0 bridgehead atoms. The summed E-state index contributed by atoms with van der Waals surface area (Å²) >= 11 is 0. The molecular formula is C17H15N3O3. The quantitative estimate of drug-likeness (QED) is 0.725. The summed E-state index contributed by atoms with van der Waals surface area (Å²) in [5, 5.41) is 0. The van der Waals surface area contributed by atoms with Crippen LogP contribution >= 0.6 is 0 Å². The van der Waals surface area contributed by atoms with Crippen LogP contribution in [0.5, 0.6) is 11.5 Å². The van der Waals surface area contributed by atoms with E-state index in [-0.39, 0.29) is 5.56 Å². The molecule has 3 heterocycles. The van der Waals surface area contributed by atoms with Crippen molar-refractivity contribution in [2.75, 3.05) is 13.7 Å². The van der Waals surface area contributed by atoms with Gasteiger partial charge in [0.25, 0.3) is 5.56 Å². The van der Waals surface area contributed by atoms with Crippen molar-refractivity contribution in [3.05, 3.63) is 52.6 Å². The summed E-state index contributed by atoms with van der Waals surface area (Å²) in [5.74, 6) is 1.25. The number of hydrogen-bond acceptors (Lipinski definition) is 5. The average Bonchev–Trinajstić information content (AvgIpc) is 2.62. The Morgan fingerprint density at radius 3 is 3.00 bits per heavy atom. The van der Waals surface area contributed by atoms with Crippen LogP contribution in [0, 0.1) is 0 Å².